The molecule has 80 valence electrons. The number of rotatable bonds is 0. The molecule has 2 rings (SSSR count). The van der Waals surface area contributed by atoms with Gasteiger partial charge in [0.25, 0.3) is 0 Å². The van der Waals surface area contributed by atoms with Crippen LogP contribution < -0.4 is 0 Å². The van der Waals surface area contributed by atoms with Crippen LogP contribution >= 0.6 is 27.5 Å². The standard InChI is InChI=1S/C8H3BrClF3N2/c9-4-3-5(10)6(8(11,12)13)15-2-1-14-7(4)15/h1-3H. The fraction of sp³-hybridized carbons (Fsp3) is 0.125. The molecule has 0 aliphatic carbocycles. The van der Waals surface area contributed by atoms with Crippen molar-refractivity contribution in [1.29, 1.82) is 0 Å². The first-order chi connectivity index (χ1) is 6.91. The fourth-order valence-corrected chi connectivity index (χ4v) is 2.25. The Morgan fingerprint density at radius 2 is 2.07 bits per heavy atom. The molecule has 2 aromatic rings. The van der Waals surface area contributed by atoms with Crippen LogP contribution in [0.2, 0.25) is 5.02 Å². The van der Waals surface area contributed by atoms with Crippen molar-refractivity contribution in [2.75, 3.05) is 0 Å². The molecule has 2 aromatic heterocycles. The van der Waals surface area contributed by atoms with Crippen molar-refractivity contribution in [3.05, 3.63) is 33.6 Å². The molecule has 2 heterocycles. The summed E-state index contributed by atoms with van der Waals surface area (Å²) < 4.78 is 39.2. The van der Waals surface area contributed by atoms with Crippen LogP contribution in [-0.4, -0.2) is 9.38 Å². The number of imidazole rings is 1. The van der Waals surface area contributed by atoms with Gasteiger partial charge in [0.05, 0.1) is 9.50 Å². The second-order valence-electron chi connectivity index (χ2n) is 2.81. The van der Waals surface area contributed by atoms with E-state index in [9.17, 15) is 13.2 Å². The van der Waals surface area contributed by atoms with Crippen LogP contribution in [-0.2, 0) is 6.18 Å². The monoisotopic (exact) mass is 298 g/mol. The van der Waals surface area contributed by atoms with Gasteiger partial charge in [-0.1, -0.05) is 11.6 Å². The number of halogens is 5. The van der Waals surface area contributed by atoms with Gasteiger partial charge in [0.1, 0.15) is 5.69 Å². The lowest BCUT2D eigenvalue weighted by Crippen LogP contribution is -2.12. The summed E-state index contributed by atoms with van der Waals surface area (Å²) in [6.45, 7) is 0. The van der Waals surface area contributed by atoms with Crippen LogP contribution in [0.3, 0.4) is 0 Å². The largest absolute Gasteiger partial charge is 0.433 e. The Labute approximate surface area is 95.8 Å². The molecule has 0 aromatic carbocycles. The van der Waals surface area contributed by atoms with Crippen molar-refractivity contribution in [3.8, 4) is 0 Å². The van der Waals surface area contributed by atoms with Gasteiger partial charge in [-0.05, 0) is 22.0 Å². The number of nitrogens with zero attached hydrogens (tertiary/aromatic N) is 2. The first kappa shape index (κ1) is 10.8. The minimum Gasteiger partial charge on any atom is -0.293 e. The van der Waals surface area contributed by atoms with Crippen molar-refractivity contribution in [1.82, 2.24) is 9.38 Å². The fourth-order valence-electron chi connectivity index (χ4n) is 1.29. The number of alkyl halides is 3. The van der Waals surface area contributed by atoms with Crippen molar-refractivity contribution in [2.24, 2.45) is 0 Å². The third kappa shape index (κ3) is 1.72. The molecule has 0 saturated heterocycles. The van der Waals surface area contributed by atoms with Gasteiger partial charge in [-0.15, -0.1) is 0 Å². The highest BCUT2D eigenvalue weighted by molar-refractivity contribution is 9.10. The van der Waals surface area contributed by atoms with E-state index in [1.165, 1.54) is 18.5 Å². The van der Waals surface area contributed by atoms with Crippen LogP contribution in [0.5, 0.6) is 0 Å². The quantitative estimate of drug-likeness (QED) is 0.724. The molecule has 15 heavy (non-hydrogen) atoms. The Morgan fingerprint density at radius 3 is 2.67 bits per heavy atom. The Balaban J connectivity index is 2.89. The van der Waals surface area contributed by atoms with Crippen molar-refractivity contribution in [3.63, 3.8) is 0 Å². The zero-order valence-corrected chi connectivity index (χ0v) is 9.36. The SMILES string of the molecule is FC(F)(F)c1c(Cl)cc(Br)c2nccn12. The van der Waals surface area contributed by atoms with E-state index in [0.29, 0.717) is 4.47 Å². The molecule has 0 N–H and O–H groups in total. The number of pyridine rings is 1. The molecule has 0 aliphatic rings. The van der Waals surface area contributed by atoms with E-state index in [2.05, 4.69) is 20.9 Å². The minimum absolute atomic E-state index is 0.187. The molecule has 0 fully saturated rings. The van der Waals surface area contributed by atoms with Crippen molar-refractivity contribution < 1.29 is 13.2 Å². The normalized spacial score (nSPS) is 12.3. The van der Waals surface area contributed by atoms with E-state index in [4.69, 9.17) is 11.6 Å². The molecule has 0 unspecified atom stereocenters. The summed E-state index contributed by atoms with van der Waals surface area (Å²) >= 11 is 8.64. The lowest BCUT2D eigenvalue weighted by atomic mass is 10.3. The summed E-state index contributed by atoms with van der Waals surface area (Å²) in [6, 6.07) is 1.19. The summed E-state index contributed by atoms with van der Waals surface area (Å²) in [5.41, 5.74) is -0.730. The average molecular weight is 299 g/mol. The number of aromatic nitrogens is 2. The molecule has 0 aliphatic heterocycles. The van der Waals surface area contributed by atoms with Gasteiger partial charge in [0, 0.05) is 12.4 Å². The number of hydrogen-bond acceptors (Lipinski definition) is 1. The topological polar surface area (TPSA) is 17.3 Å². The highest BCUT2D eigenvalue weighted by Crippen LogP contribution is 2.37. The summed E-state index contributed by atoms with van der Waals surface area (Å²) in [4.78, 5) is 3.79. The second kappa shape index (κ2) is 3.38. The third-order valence-corrected chi connectivity index (χ3v) is 2.72. The molecule has 0 saturated carbocycles. The van der Waals surface area contributed by atoms with Crippen LogP contribution in [0.4, 0.5) is 13.2 Å². The Kier molecular flexibility index (Phi) is 2.42. The lowest BCUT2D eigenvalue weighted by molar-refractivity contribution is -0.141. The molecule has 0 amide bonds. The van der Waals surface area contributed by atoms with Gasteiger partial charge in [-0.2, -0.15) is 13.2 Å². The molecular formula is C8H3BrClF3N2. The molecule has 0 atom stereocenters. The zero-order valence-electron chi connectivity index (χ0n) is 7.02. The minimum atomic E-state index is -4.50. The van der Waals surface area contributed by atoms with Gasteiger partial charge in [0.2, 0.25) is 0 Å². The average Bonchev–Trinajstić information content (AvgIpc) is 2.49. The second-order valence-corrected chi connectivity index (χ2v) is 4.07. The van der Waals surface area contributed by atoms with Gasteiger partial charge < -0.3 is 0 Å². The van der Waals surface area contributed by atoms with Gasteiger partial charge in [-0.25, -0.2) is 4.98 Å². The van der Waals surface area contributed by atoms with Crippen LogP contribution in [0.25, 0.3) is 5.65 Å². The Bertz CT molecular complexity index is 520. The molecule has 0 bridgehead atoms. The highest BCUT2D eigenvalue weighted by atomic mass is 79.9. The Morgan fingerprint density at radius 1 is 1.40 bits per heavy atom. The lowest BCUT2D eigenvalue weighted by Gasteiger charge is -2.12. The molecular weight excluding hydrogens is 296 g/mol. The van der Waals surface area contributed by atoms with Crippen LogP contribution in [0.15, 0.2) is 22.9 Å². The molecule has 7 heteroatoms. The van der Waals surface area contributed by atoms with Crippen LogP contribution in [0.1, 0.15) is 5.69 Å². The molecule has 0 spiro atoms. The van der Waals surface area contributed by atoms with Crippen molar-refractivity contribution in [2.45, 2.75) is 6.18 Å². The maximum absolute atomic E-state index is 12.6. The number of fused-ring (bicyclic) bond motifs is 1. The Hall–Kier alpha value is -0.750. The predicted octanol–water partition coefficient (Wildman–Crippen LogP) is 3.77. The van der Waals surface area contributed by atoms with E-state index < -0.39 is 11.9 Å². The first-order valence-corrected chi connectivity index (χ1v) is 4.96. The van der Waals surface area contributed by atoms with E-state index in [1.807, 2.05) is 0 Å². The summed E-state index contributed by atoms with van der Waals surface area (Å²) in [6.07, 6.45) is -2.00. The summed E-state index contributed by atoms with van der Waals surface area (Å²) in [5.74, 6) is 0. The smallest absolute Gasteiger partial charge is 0.293 e. The van der Waals surface area contributed by atoms with E-state index in [-0.39, 0.29) is 10.7 Å². The van der Waals surface area contributed by atoms with E-state index in [0.717, 1.165) is 4.40 Å². The van der Waals surface area contributed by atoms with E-state index in [1.54, 1.807) is 0 Å². The van der Waals surface area contributed by atoms with Gasteiger partial charge in [0.15, 0.2) is 5.65 Å². The maximum atomic E-state index is 12.6. The van der Waals surface area contributed by atoms with Gasteiger partial charge in [-0.3, -0.25) is 4.40 Å². The molecule has 0 radical (unpaired) electrons. The third-order valence-electron chi connectivity index (χ3n) is 1.84. The summed E-state index contributed by atoms with van der Waals surface area (Å²) in [5, 5.41) is -0.361. The molecule has 2 nitrogen and oxygen atoms in total. The predicted molar refractivity (Wildman–Crippen MR) is 52.9 cm³/mol. The maximum Gasteiger partial charge on any atom is 0.433 e. The van der Waals surface area contributed by atoms with Crippen LogP contribution in [0, 0.1) is 0 Å². The van der Waals surface area contributed by atoms with Gasteiger partial charge >= 0.3 is 6.18 Å². The first-order valence-electron chi connectivity index (χ1n) is 3.79. The summed E-state index contributed by atoms with van der Waals surface area (Å²) in [7, 11) is 0. The highest BCUT2D eigenvalue weighted by Gasteiger charge is 2.36. The number of hydrogen-bond donors (Lipinski definition) is 0. The van der Waals surface area contributed by atoms with Crippen molar-refractivity contribution >= 4 is 33.2 Å². The van der Waals surface area contributed by atoms with E-state index >= 15 is 0 Å². The zero-order chi connectivity index (χ0) is 11.2.